The van der Waals surface area contributed by atoms with Crippen molar-refractivity contribution in [1.29, 1.82) is 0 Å². The van der Waals surface area contributed by atoms with E-state index in [4.69, 9.17) is 14.3 Å². The van der Waals surface area contributed by atoms with Crippen molar-refractivity contribution in [3.05, 3.63) is 53.0 Å². The highest BCUT2D eigenvalue weighted by molar-refractivity contribution is 7.89. The van der Waals surface area contributed by atoms with Crippen molar-refractivity contribution in [2.45, 2.75) is 18.4 Å². The lowest BCUT2D eigenvalue weighted by Gasteiger charge is -2.08. The van der Waals surface area contributed by atoms with Gasteiger partial charge in [-0.15, -0.1) is 0 Å². The molecule has 1 heterocycles. The minimum absolute atomic E-state index is 0.0288. The molecule has 0 radical (unpaired) electrons. The number of carboxylic acids is 1. The topological polar surface area (TPSA) is 135 Å². The number of methoxy groups -OCH3 is 1. The number of carboxylic acid groups (broad SMARTS) is 1. The first kappa shape index (κ1) is 20.6. The van der Waals surface area contributed by atoms with Crippen molar-refractivity contribution in [1.82, 2.24) is 10.0 Å². The van der Waals surface area contributed by atoms with Gasteiger partial charge in [0.15, 0.2) is 0 Å². The Morgan fingerprint density at radius 3 is 2.63 bits per heavy atom. The molecule has 146 valence electrons. The predicted octanol–water partition coefficient (Wildman–Crippen LogP) is 1.14. The largest absolute Gasteiger partial charge is 0.478 e. The Morgan fingerprint density at radius 2 is 2.00 bits per heavy atom. The molecule has 0 aliphatic heterocycles. The maximum Gasteiger partial charge on any atom is 0.339 e. The zero-order chi connectivity index (χ0) is 20.0. The van der Waals surface area contributed by atoms with Crippen molar-refractivity contribution in [2.75, 3.05) is 20.3 Å². The number of aromatic carboxylic acids is 1. The number of ether oxygens (including phenoxy) is 1. The number of rotatable bonds is 9. The van der Waals surface area contributed by atoms with Gasteiger partial charge in [0.2, 0.25) is 10.0 Å². The first-order chi connectivity index (χ1) is 12.7. The number of sulfonamides is 1. The summed E-state index contributed by atoms with van der Waals surface area (Å²) in [6, 6.07) is 6.82. The fourth-order valence-corrected chi connectivity index (χ4v) is 3.30. The van der Waals surface area contributed by atoms with E-state index >= 15 is 0 Å². The molecular formula is C17H20N2O7S. The van der Waals surface area contributed by atoms with Gasteiger partial charge in [-0.2, -0.15) is 0 Å². The van der Waals surface area contributed by atoms with Crippen LogP contribution in [0.25, 0.3) is 0 Å². The Bertz CT molecular complexity index is 935. The number of amides is 1. The molecule has 1 aromatic carbocycles. The van der Waals surface area contributed by atoms with Crippen LogP contribution in [0.3, 0.4) is 0 Å². The van der Waals surface area contributed by atoms with Gasteiger partial charge in [-0.3, -0.25) is 4.79 Å². The van der Waals surface area contributed by atoms with E-state index in [-0.39, 0.29) is 34.1 Å². The fourth-order valence-electron chi connectivity index (χ4n) is 2.27. The number of furan rings is 1. The predicted molar refractivity (Wildman–Crippen MR) is 95.1 cm³/mol. The molecule has 0 spiro atoms. The summed E-state index contributed by atoms with van der Waals surface area (Å²) in [4.78, 5) is 22.9. The highest BCUT2D eigenvalue weighted by Crippen LogP contribution is 2.16. The number of nitrogens with one attached hydrogen (secondary N) is 2. The second kappa shape index (κ2) is 8.80. The molecule has 0 aliphatic carbocycles. The number of carbonyl (C=O) groups excluding carboxylic acids is 1. The van der Waals surface area contributed by atoms with E-state index < -0.39 is 21.9 Å². The van der Waals surface area contributed by atoms with Crippen molar-refractivity contribution in [3.8, 4) is 0 Å². The maximum atomic E-state index is 12.4. The van der Waals surface area contributed by atoms with Crippen LogP contribution in [0.15, 0.2) is 39.6 Å². The van der Waals surface area contributed by atoms with E-state index in [1.807, 2.05) is 0 Å². The van der Waals surface area contributed by atoms with Crippen molar-refractivity contribution in [2.24, 2.45) is 0 Å². The molecule has 10 heteroatoms. The molecule has 3 N–H and O–H groups in total. The zero-order valence-corrected chi connectivity index (χ0v) is 15.6. The molecule has 1 aromatic heterocycles. The Kier molecular flexibility index (Phi) is 6.72. The molecule has 0 saturated carbocycles. The third-order valence-corrected chi connectivity index (χ3v) is 5.03. The molecule has 0 saturated heterocycles. The third-order valence-electron chi connectivity index (χ3n) is 3.63. The van der Waals surface area contributed by atoms with Crippen LogP contribution in [0, 0.1) is 6.92 Å². The third kappa shape index (κ3) is 5.39. The number of carbonyl (C=O) groups is 2. The van der Waals surface area contributed by atoms with E-state index in [1.165, 1.54) is 44.4 Å². The van der Waals surface area contributed by atoms with Crippen LogP contribution in [-0.2, 0) is 21.3 Å². The average molecular weight is 396 g/mol. The summed E-state index contributed by atoms with van der Waals surface area (Å²) < 4.78 is 37.3. The monoisotopic (exact) mass is 396 g/mol. The van der Waals surface area contributed by atoms with Gasteiger partial charge in [-0.1, -0.05) is 6.07 Å². The van der Waals surface area contributed by atoms with Crippen molar-refractivity contribution < 1.29 is 32.3 Å². The summed E-state index contributed by atoms with van der Waals surface area (Å²) in [7, 11) is -2.42. The van der Waals surface area contributed by atoms with E-state index in [0.717, 1.165) is 0 Å². The summed E-state index contributed by atoms with van der Waals surface area (Å²) in [5.41, 5.74) is 0.162. The van der Waals surface area contributed by atoms with Gasteiger partial charge in [0.05, 0.1) is 18.0 Å². The normalized spacial score (nSPS) is 11.3. The second-order valence-corrected chi connectivity index (χ2v) is 7.36. The lowest BCUT2D eigenvalue weighted by molar-refractivity contribution is 0.0694. The summed E-state index contributed by atoms with van der Waals surface area (Å²) in [5.74, 6) is -1.22. The minimum atomic E-state index is -3.93. The molecule has 27 heavy (non-hydrogen) atoms. The van der Waals surface area contributed by atoms with Crippen LogP contribution in [0.1, 0.15) is 32.2 Å². The van der Waals surface area contributed by atoms with Gasteiger partial charge in [-0.05, 0) is 31.2 Å². The van der Waals surface area contributed by atoms with Crippen LogP contribution in [-0.4, -0.2) is 45.7 Å². The Labute approximate surface area is 156 Å². The molecular weight excluding hydrogens is 376 g/mol. The van der Waals surface area contributed by atoms with Crippen molar-refractivity contribution in [3.63, 3.8) is 0 Å². The fraction of sp³-hybridized carbons (Fsp3) is 0.294. The Morgan fingerprint density at radius 1 is 1.26 bits per heavy atom. The number of hydrogen-bond acceptors (Lipinski definition) is 6. The van der Waals surface area contributed by atoms with Gasteiger partial charge >= 0.3 is 5.97 Å². The molecule has 9 nitrogen and oxygen atoms in total. The summed E-state index contributed by atoms with van der Waals surface area (Å²) >= 11 is 0. The van der Waals surface area contributed by atoms with Crippen molar-refractivity contribution >= 4 is 21.9 Å². The highest BCUT2D eigenvalue weighted by Gasteiger charge is 2.19. The van der Waals surface area contributed by atoms with Gasteiger partial charge in [0.25, 0.3) is 5.91 Å². The lowest BCUT2D eigenvalue weighted by atomic mass is 10.2. The lowest BCUT2D eigenvalue weighted by Crippen LogP contribution is -2.27. The van der Waals surface area contributed by atoms with Gasteiger partial charge in [0.1, 0.15) is 17.1 Å². The van der Waals surface area contributed by atoms with Crippen LogP contribution >= 0.6 is 0 Å². The molecule has 1 amide bonds. The van der Waals surface area contributed by atoms with Gasteiger partial charge in [-0.25, -0.2) is 17.9 Å². The van der Waals surface area contributed by atoms with E-state index in [2.05, 4.69) is 10.0 Å². The highest BCUT2D eigenvalue weighted by atomic mass is 32.2. The first-order valence-corrected chi connectivity index (χ1v) is 9.42. The van der Waals surface area contributed by atoms with Crippen LogP contribution in [0.5, 0.6) is 0 Å². The molecule has 0 bridgehead atoms. The molecule has 2 rings (SSSR count). The molecule has 0 unspecified atom stereocenters. The summed E-state index contributed by atoms with van der Waals surface area (Å²) in [6.07, 6.45) is 0. The number of benzene rings is 1. The molecule has 0 aliphatic rings. The van der Waals surface area contributed by atoms with Gasteiger partial charge < -0.3 is 19.6 Å². The summed E-state index contributed by atoms with van der Waals surface area (Å²) in [5, 5.41) is 11.6. The maximum absolute atomic E-state index is 12.4. The zero-order valence-electron chi connectivity index (χ0n) is 14.8. The van der Waals surface area contributed by atoms with Gasteiger partial charge in [0, 0.05) is 19.2 Å². The summed E-state index contributed by atoms with van der Waals surface area (Å²) in [6.45, 7) is 1.90. The molecule has 0 fully saturated rings. The second-order valence-electron chi connectivity index (χ2n) is 5.59. The SMILES string of the molecule is COCCNC(=O)c1cccc(S(=O)(=O)NCc2cc(C(=O)O)c(C)o2)c1. The number of hydrogen-bond donors (Lipinski definition) is 3. The first-order valence-electron chi connectivity index (χ1n) is 7.94. The van der Waals surface area contributed by atoms with E-state index in [9.17, 15) is 18.0 Å². The smallest absolute Gasteiger partial charge is 0.339 e. The Hall–Kier alpha value is -2.69. The quantitative estimate of drug-likeness (QED) is 0.541. The molecule has 0 atom stereocenters. The number of aryl methyl sites for hydroxylation is 1. The molecule has 2 aromatic rings. The standard InChI is InChI=1S/C17H20N2O7S/c1-11-15(17(21)22)9-13(26-11)10-19-27(23,24)14-5-3-4-12(8-14)16(20)18-6-7-25-2/h3-5,8-9,19H,6-7,10H2,1-2H3,(H,18,20)(H,21,22). The van der Waals surface area contributed by atoms with Crippen LogP contribution in [0.4, 0.5) is 0 Å². The van der Waals surface area contributed by atoms with Crippen LogP contribution in [0.2, 0.25) is 0 Å². The van der Waals surface area contributed by atoms with E-state index in [0.29, 0.717) is 13.2 Å². The average Bonchev–Trinajstić information content (AvgIpc) is 3.01. The van der Waals surface area contributed by atoms with E-state index in [1.54, 1.807) is 0 Å². The van der Waals surface area contributed by atoms with Crippen LogP contribution < -0.4 is 10.0 Å². The Balaban J connectivity index is 2.10. The minimum Gasteiger partial charge on any atom is -0.478 e.